The maximum atomic E-state index is 14.4. The summed E-state index contributed by atoms with van der Waals surface area (Å²) >= 11 is 0. The summed E-state index contributed by atoms with van der Waals surface area (Å²) in [5, 5.41) is 1.59. The highest BCUT2D eigenvalue weighted by molar-refractivity contribution is 6.99. The summed E-state index contributed by atoms with van der Waals surface area (Å²) in [7, 11) is -3.31. The maximum Gasteiger partial charge on any atom is 0.338 e. The molecule has 0 amide bonds. The predicted molar refractivity (Wildman–Crippen MR) is 289 cm³/mol. The molecule has 398 valence electrons. The van der Waals surface area contributed by atoms with E-state index in [1.807, 2.05) is 36.4 Å². The average molecular weight is 1070 g/mol. The lowest BCUT2D eigenvalue weighted by Crippen LogP contribution is -2.68. The molecule has 2 fully saturated rings. The second kappa shape index (κ2) is 23.5. The molecule has 18 heteroatoms. The number of carbonyl (C=O) groups is 4. The number of ether oxygens (including phenoxy) is 7. The van der Waals surface area contributed by atoms with E-state index in [9.17, 15) is 19.2 Å². The van der Waals surface area contributed by atoms with Crippen LogP contribution in [0.3, 0.4) is 0 Å². The highest BCUT2D eigenvalue weighted by Gasteiger charge is 2.56. The first kappa shape index (κ1) is 53.0. The molecule has 2 aromatic heterocycles. The molecule has 0 spiro atoms. The number of nitrogens with zero attached hydrogens (tertiary/aromatic N) is 4. The number of hydrogen-bond acceptors (Lipinski definition) is 16. The molecular weight excluding hydrogens is 1010 g/mol. The molecule has 0 bridgehead atoms. The van der Waals surface area contributed by atoms with Crippen molar-refractivity contribution < 1.29 is 56.8 Å². The van der Waals surface area contributed by atoms with Gasteiger partial charge in [0.05, 0.1) is 41.3 Å². The third-order valence-corrected chi connectivity index (χ3v) is 18.8. The zero-order valence-corrected chi connectivity index (χ0v) is 44.0. The molecular formula is C60H57N5O12Si. The van der Waals surface area contributed by atoms with Crippen molar-refractivity contribution in [1.82, 2.24) is 19.5 Å². The molecule has 8 atom stereocenters. The molecule has 2 aliphatic rings. The lowest BCUT2D eigenvalue weighted by molar-refractivity contribution is -0.303. The second-order valence-corrected chi connectivity index (χ2v) is 24.1. The van der Waals surface area contributed by atoms with Crippen LogP contribution in [0.5, 0.6) is 0 Å². The van der Waals surface area contributed by atoms with Crippen LogP contribution < -0.4 is 16.1 Å². The molecule has 0 aliphatic carbocycles. The molecule has 0 unspecified atom stereocenters. The maximum absolute atomic E-state index is 14.4. The number of carbonyl (C=O) groups excluding carboxylic acids is 4. The molecule has 0 saturated carbocycles. The number of benzene rings is 6. The zero-order valence-electron chi connectivity index (χ0n) is 43.0. The summed E-state index contributed by atoms with van der Waals surface area (Å²) in [6, 6.07) is 53.1. The Labute approximate surface area is 451 Å². The lowest BCUT2D eigenvalue weighted by Gasteiger charge is -2.46. The van der Waals surface area contributed by atoms with Gasteiger partial charge in [-0.25, -0.2) is 34.1 Å². The lowest BCUT2D eigenvalue weighted by atomic mass is 9.97. The molecule has 17 nitrogen and oxygen atoms in total. The molecule has 6 aromatic carbocycles. The van der Waals surface area contributed by atoms with Crippen LogP contribution in [-0.2, 0) is 37.6 Å². The Morgan fingerprint density at radius 1 is 0.564 bits per heavy atom. The summed E-state index contributed by atoms with van der Waals surface area (Å²) in [5.41, 5.74) is 7.79. The highest BCUT2D eigenvalue weighted by Crippen LogP contribution is 2.42. The van der Waals surface area contributed by atoms with Gasteiger partial charge in [0.1, 0.15) is 36.9 Å². The van der Waals surface area contributed by atoms with Crippen LogP contribution in [0.1, 0.15) is 74.9 Å². The van der Waals surface area contributed by atoms with E-state index < -0.39 is 93.0 Å². The van der Waals surface area contributed by atoms with Crippen LogP contribution in [-0.4, -0.2) is 108 Å². The van der Waals surface area contributed by atoms with Gasteiger partial charge in [0, 0.05) is 6.42 Å². The molecule has 4 heterocycles. The van der Waals surface area contributed by atoms with E-state index in [-0.39, 0.29) is 41.1 Å². The average Bonchev–Trinajstić information content (AvgIpc) is 4.12. The van der Waals surface area contributed by atoms with Crippen LogP contribution in [0, 0.1) is 0 Å². The summed E-state index contributed by atoms with van der Waals surface area (Å²) in [6.07, 6.45) is -7.00. The van der Waals surface area contributed by atoms with Crippen LogP contribution in [0.4, 0.5) is 5.82 Å². The smallest absolute Gasteiger partial charge is 0.338 e. The van der Waals surface area contributed by atoms with Gasteiger partial charge in [-0.3, -0.25) is 4.57 Å². The Bertz CT molecular complexity index is 3280. The number of imidazole rings is 1. The first-order valence-electron chi connectivity index (χ1n) is 25.5. The van der Waals surface area contributed by atoms with E-state index in [4.69, 9.17) is 43.3 Å². The Hall–Kier alpha value is -8.39. The Morgan fingerprint density at radius 3 is 1.53 bits per heavy atom. The van der Waals surface area contributed by atoms with E-state index in [2.05, 4.69) is 60.0 Å². The minimum absolute atomic E-state index is 0.141. The molecule has 10 rings (SSSR count). The van der Waals surface area contributed by atoms with Crippen molar-refractivity contribution in [3.8, 4) is 0 Å². The van der Waals surface area contributed by atoms with Gasteiger partial charge < -0.3 is 43.3 Å². The Balaban J connectivity index is 1.07. The molecule has 0 radical (unpaired) electrons. The van der Waals surface area contributed by atoms with Gasteiger partial charge in [0.15, 0.2) is 36.1 Å². The number of nitrogen functional groups attached to an aromatic ring is 1. The molecule has 8 aromatic rings. The van der Waals surface area contributed by atoms with E-state index >= 15 is 0 Å². The zero-order chi connectivity index (χ0) is 54.2. The van der Waals surface area contributed by atoms with Crippen LogP contribution in [0.2, 0.25) is 5.04 Å². The SMILES string of the molecule is CC(C)(C)[Si](O[C@H]1C[C@H](n2cnc3c(N)ncnc32)O[C@@H]1CO[C@@H]1O[C@H](COC(=O)c2ccccc2)[C@H](OC(=O)c2ccccc2)[C@H](OC(=O)c2ccccc2)[C@H]1OC(=O)c1ccccc1)(c1ccccc1)c1ccccc1. The predicted octanol–water partition coefficient (Wildman–Crippen LogP) is 7.92. The van der Waals surface area contributed by atoms with Gasteiger partial charge in [0.25, 0.3) is 8.32 Å². The first-order chi connectivity index (χ1) is 37.9. The standard InChI is InChI=1S/C60H57N5O12Si/c1-60(2,3)78(43-30-18-8-19-31-43,44-32-20-9-21-33-44)77-45-34-48(65-38-64-49-53(61)62-37-63-54(49)65)72-46(45)35-71-59-52(76-58(69)42-28-16-7-17-29-42)51(75-57(68)41-26-14-6-15-27-41)50(74-56(67)40-24-12-5-13-25-40)47(73-59)36-70-55(66)39-22-10-4-11-23-39/h4-33,37-38,45-48,50-52,59H,34-36H2,1-3H3,(H2,61,62,63)/t45-,46+,47+,48+,50-,51-,52+,59+/m0/s1. The largest absolute Gasteiger partial charge is 0.459 e. The van der Waals surface area contributed by atoms with E-state index in [0.29, 0.717) is 11.2 Å². The fourth-order valence-electron chi connectivity index (χ4n) is 10.00. The molecule has 2 aliphatic heterocycles. The van der Waals surface area contributed by atoms with E-state index in [1.165, 1.54) is 6.33 Å². The highest BCUT2D eigenvalue weighted by atomic mass is 28.4. The quantitative estimate of drug-likeness (QED) is 0.0521. The summed E-state index contributed by atoms with van der Waals surface area (Å²) in [5.74, 6) is -3.03. The Kier molecular flexibility index (Phi) is 15.9. The Morgan fingerprint density at radius 2 is 1.03 bits per heavy atom. The number of aromatic nitrogens is 4. The first-order valence-corrected chi connectivity index (χ1v) is 27.4. The van der Waals surface area contributed by atoms with Gasteiger partial charge in [-0.05, 0) is 63.9 Å². The third-order valence-electron chi connectivity index (χ3n) is 13.8. The van der Waals surface area contributed by atoms with Crippen molar-refractivity contribution in [2.75, 3.05) is 18.9 Å². The minimum Gasteiger partial charge on any atom is -0.459 e. The summed E-state index contributed by atoms with van der Waals surface area (Å²) in [4.78, 5) is 69.8. The van der Waals surface area contributed by atoms with Gasteiger partial charge >= 0.3 is 23.9 Å². The minimum atomic E-state index is -3.31. The molecule has 78 heavy (non-hydrogen) atoms. The number of hydrogen-bond donors (Lipinski definition) is 1. The number of rotatable bonds is 17. The van der Waals surface area contributed by atoms with Gasteiger partial charge in [-0.2, -0.15) is 0 Å². The van der Waals surface area contributed by atoms with Crippen molar-refractivity contribution in [3.05, 3.63) is 217 Å². The fraction of sp³-hybridized carbons (Fsp3) is 0.250. The summed E-state index contributed by atoms with van der Waals surface area (Å²) in [6.45, 7) is 5.69. The van der Waals surface area contributed by atoms with Crippen LogP contribution in [0.25, 0.3) is 11.2 Å². The van der Waals surface area contributed by atoms with Crippen LogP contribution >= 0.6 is 0 Å². The van der Waals surface area contributed by atoms with Gasteiger partial charge in [-0.15, -0.1) is 0 Å². The van der Waals surface area contributed by atoms with Crippen molar-refractivity contribution in [2.24, 2.45) is 0 Å². The van der Waals surface area contributed by atoms with Crippen molar-refractivity contribution in [1.29, 1.82) is 0 Å². The van der Waals surface area contributed by atoms with Crippen molar-refractivity contribution >= 4 is 59.5 Å². The summed E-state index contributed by atoms with van der Waals surface area (Å²) < 4.78 is 55.1. The van der Waals surface area contributed by atoms with Crippen molar-refractivity contribution in [3.63, 3.8) is 0 Å². The van der Waals surface area contributed by atoms with Gasteiger partial charge in [-0.1, -0.05) is 154 Å². The third kappa shape index (κ3) is 11.3. The number of nitrogens with two attached hydrogens (primary N) is 1. The normalized spacial score (nSPS) is 21.3. The number of esters is 4. The van der Waals surface area contributed by atoms with E-state index in [0.717, 1.165) is 10.4 Å². The van der Waals surface area contributed by atoms with E-state index in [1.54, 1.807) is 132 Å². The second-order valence-electron chi connectivity index (χ2n) is 19.8. The number of fused-ring (bicyclic) bond motifs is 1. The number of anilines is 1. The topological polar surface area (TPSA) is 212 Å². The van der Waals surface area contributed by atoms with Gasteiger partial charge in [0.2, 0.25) is 0 Å². The van der Waals surface area contributed by atoms with Crippen LogP contribution in [0.15, 0.2) is 195 Å². The molecule has 2 saturated heterocycles. The van der Waals surface area contributed by atoms with Crippen molar-refractivity contribution in [2.45, 2.75) is 81.4 Å². The monoisotopic (exact) mass is 1070 g/mol. The fourth-order valence-corrected chi connectivity index (χ4v) is 14.7. The molecule has 2 N–H and O–H groups in total.